The van der Waals surface area contributed by atoms with Crippen molar-refractivity contribution >= 4 is 15.9 Å². The first-order chi connectivity index (χ1) is 4.25. The van der Waals surface area contributed by atoms with Gasteiger partial charge < -0.3 is 0 Å². The Balaban J connectivity index is 3.07. The zero-order chi connectivity index (χ0) is 6.85. The summed E-state index contributed by atoms with van der Waals surface area (Å²) in [5.74, 6) is 0. The lowest BCUT2D eigenvalue weighted by atomic mass is 10.7. The maximum atomic E-state index is 12.4. The molecule has 1 heterocycles. The molecule has 9 heavy (non-hydrogen) atoms. The minimum atomic E-state index is -0.440. The molecule has 0 aliphatic carbocycles. The van der Waals surface area contributed by atoms with Gasteiger partial charge in [-0.05, 0) is 22.9 Å². The van der Waals surface area contributed by atoms with Crippen LogP contribution in [0.3, 0.4) is 0 Å². The quantitative estimate of drug-likeness (QED) is 0.664. The van der Waals surface area contributed by atoms with Gasteiger partial charge in [0.1, 0.15) is 4.60 Å². The minimum Gasteiger partial charge on any atom is -0.295 e. The van der Waals surface area contributed by atoms with E-state index >= 15 is 0 Å². The monoisotopic (exact) mass is 192 g/mol. The van der Waals surface area contributed by atoms with E-state index < -0.39 is 6.08 Å². The predicted molar refractivity (Wildman–Crippen MR) is 35.6 cm³/mol. The lowest BCUT2D eigenvalue weighted by Gasteiger charge is -1.96. The molecule has 2 nitrogen and oxygen atoms in total. The van der Waals surface area contributed by atoms with Crippen LogP contribution in [-0.4, -0.2) is 9.55 Å². The smallest absolute Gasteiger partial charge is 0.290 e. The van der Waals surface area contributed by atoms with Crippen LogP contribution in [-0.2, 0) is 6.54 Å². The van der Waals surface area contributed by atoms with Gasteiger partial charge in [-0.15, -0.1) is 0 Å². The van der Waals surface area contributed by atoms with E-state index in [-0.39, 0.29) is 0 Å². The highest BCUT2D eigenvalue weighted by Crippen LogP contribution is 2.10. The van der Waals surface area contributed by atoms with Gasteiger partial charge in [-0.25, -0.2) is 4.98 Å². The summed E-state index contributed by atoms with van der Waals surface area (Å²) in [5.41, 5.74) is 0. The molecule has 0 amide bonds. The van der Waals surface area contributed by atoms with Crippen LogP contribution in [0.4, 0.5) is 4.39 Å². The lowest BCUT2D eigenvalue weighted by Crippen LogP contribution is -1.97. The van der Waals surface area contributed by atoms with Crippen molar-refractivity contribution in [1.82, 2.24) is 9.55 Å². The van der Waals surface area contributed by atoms with Gasteiger partial charge in [0.25, 0.3) is 6.08 Å². The van der Waals surface area contributed by atoms with Gasteiger partial charge >= 0.3 is 0 Å². The van der Waals surface area contributed by atoms with Crippen LogP contribution < -0.4 is 0 Å². The van der Waals surface area contributed by atoms with Crippen molar-refractivity contribution in [1.29, 1.82) is 0 Å². The van der Waals surface area contributed by atoms with E-state index in [2.05, 4.69) is 20.9 Å². The normalized spacial score (nSPS) is 10.1. The lowest BCUT2D eigenvalue weighted by molar-refractivity contribution is 0.474. The van der Waals surface area contributed by atoms with Crippen LogP contribution >= 0.6 is 15.9 Å². The molecule has 0 radical (unpaired) electrons. The summed E-state index contributed by atoms with van der Waals surface area (Å²) in [5, 5.41) is 0. The third-order valence-corrected chi connectivity index (χ3v) is 1.71. The van der Waals surface area contributed by atoms with Gasteiger partial charge in [0, 0.05) is 6.54 Å². The highest BCUT2D eigenvalue weighted by atomic mass is 79.9. The molecule has 0 saturated heterocycles. The van der Waals surface area contributed by atoms with Crippen molar-refractivity contribution in [3.8, 4) is 0 Å². The van der Waals surface area contributed by atoms with Gasteiger partial charge in [-0.1, -0.05) is 0 Å². The predicted octanol–water partition coefficient (Wildman–Crippen LogP) is 1.80. The highest BCUT2D eigenvalue weighted by Gasteiger charge is 2.02. The molecule has 0 unspecified atom stereocenters. The summed E-state index contributed by atoms with van der Waals surface area (Å²) in [6.45, 7) is 2.46. The maximum absolute atomic E-state index is 12.4. The Morgan fingerprint density at radius 1 is 1.89 bits per heavy atom. The third-order valence-electron chi connectivity index (χ3n) is 1.07. The van der Waals surface area contributed by atoms with Crippen molar-refractivity contribution in [3.05, 3.63) is 16.9 Å². The second-order valence-corrected chi connectivity index (χ2v) is 2.41. The molecule has 0 aliphatic rings. The first-order valence-electron chi connectivity index (χ1n) is 2.62. The van der Waals surface area contributed by atoms with Crippen molar-refractivity contribution in [3.63, 3.8) is 0 Å². The zero-order valence-corrected chi connectivity index (χ0v) is 6.52. The van der Waals surface area contributed by atoms with Crippen LogP contribution in [0.15, 0.2) is 10.8 Å². The van der Waals surface area contributed by atoms with Crippen LogP contribution in [0.25, 0.3) is 0 Å². The fraction of sp³-hybridized carbons (Fsp3) is 0.400. The van der Waals surface area contributed by atoms with E-state index in [1.165, 1.54) is 10.8 Å². The number of halogens is 2. The number of hydrogen-bond acceptors (Lipinski definition) is 1. The molecule has 0 N–H and O–H groups in total. The van der Waals surface area contributed by atoms with Gasteiger partial charge in [0.2, 0.25) is 0 Å². The van der Waals surface area contributed by atoms with Crippen molar-refractivity contribution in [2.75, 3.05) is 0 Å². The van der Waals surface area contributed by atoms with Gasteiger partial charge in [0.05, 0.1) is 6.20 Å². The largest absolute Gasteiger partial charge is 0.295 e. The Bertz CT molecular complexity index is 189. The fourth-order valence-electron chi connectivity index (χ4n) is 0.616. The SMILES string of the molecule is CCn1c(Br)cnc1F. The van der Waals surface area contributed by atoms with Crippen molar-refractivity contribution < 1.29 is 4.39 Å². The second-order valence-electron chi connectivity index (χ2n) is 1.59. The van der Waals surface area contributed by atoms with Gasteiger partial charge in [0.15, 0.2) is 0 Å². The molecule has 0 aliphatic heterocycles. The maximum Gasteiger partial charge on any atom is 0.290 e. The number of rotatable bonds is 1. The van der Waals surface area contributed by atoms with Crippen LogP contribution in [0.2, 0.25) is 0 Å². The minimum absolute atomic E-state index is 0.440. The summed E-state index contributed by atoms with van der Waals surface area (Å²) in [4.78, 5) is 3.44. The number of imidazole rings is 1. The Labute approximate surface area is 60.8 Å². The van der Waals surface area contributed by atoms with Crippen LogP contribution in [0.5, 0.6) is 0 Å². The first-order valence-corrected chi connectivity index (χ1v) is 3.41. The van der Waals surface area contributed by atoms with Crippen molar-refractivity contribution in [2.24, 2.45) is 0 Å². The summed E-state index contributed by atoms with van der Waals surface area (Å²) in [6.07, 6.45) is 1.00. The molecule has 1 aromatic rings. The summed E-state index contributed by atoms with van der Waals surface area (Å²) in [6, 6.07) is 0. The Hall–Kier alpha value is -0.380. The number of nitrogens with zero attached hydrogens (tertiary/aromatic N) is 2. The Morgan fingerprint density at radius 3 is 2.78 bits per heavy atom. The zero-order valence-electron chi connectivity index (χ0n) is 4.93. The second kappa shape index (κ2) is 2.47. The summed E-state index contributed by atoms with van der Waals surface area (Å²) >= 11 is 3.14. The molecule has 4 heteroatoms. The van der Waals surface area contributed by atoms with E-state index in [0.29, 0.717) is 11.1 Å². The molecule has 1 rings (SSSR count). The molecule has 0 spiro atoms. The fourth-order valence-corrected chi connectivity index (χ4v) is 1.12. The summed E-state index contributed by atoms with van der Waals surface area (Å²) < 4.78 is 14.5. The average molecular weight is 193 g/mol. The standard InChI is InChI=1S/C5H6BrFN2/c1-2-9-4(6)3-8-5(9)7/h3H,2H2,1H3. The molecular formula is C5H6BrFN2. The van der Waals surface area contributed by atoms with Gasteiger partial charge in [-0.3, -0.25) is 4.57 Å². The average Bonchev–Trinajstić information content (AvgIpc) is 2.12. The Kier molecular flexibility index (Phi) is 1.85. The van der Waals surface area contributed by atoms with E-state index in [9.17, 15) is 4.39 Å². The topological polar surface area (TPSA) is 17.8 Å². The molecule has 1 aromatic heterocycles. The van der Waals surface area contributed by atoms with E-state index in [4.69, 9.17) is 0 Å². The molecule has 0 atom stereocenters. The van der Waals surface area contributed by atoms with Crippen molar-refractivity contribution in [2.45, 2.75) is 13.5 Å². The Morgan fingerprint density at radius 2 is 2.56 bits per heavy atom. The van der Waals surface area contributed by atoms with Gasteiger partial charge in [-0.2, -0.15) is 4.39 Å². The number of hydrogen-bond donors (Lipinski definition) is 0. The van der Waals surface area contributed by atoms with Crippen LogP contribution in [0.1, 0.15) is 6.92 Å². The molecule has 0 aromatic carbocycles. The highest BCUT2D eigenvalue weighted by molar-refractivity contribution is 9.10. The first kappa shape index (κ1) is 6.74. The molecule has 50 valence electrons. The van der Waals surface area contributed by atoms with Crippen LogP contribution in [0, 0.1) is 6.08 Å². The van der Waals surface area contributed by atoms with E-state index in [1.54, 1.807) is 0 Å². The summed E-state index contributed by atoms with van der Waals surface area (Å²) in [7, 11) is 0. The third kappa shape index (κ3) is 1.13. The molecule has 0 fully saturated rings. The number of aromatic nitrogens is 2. The van der Waals surface area contributed by atoms with E-state index in [0.717, 1.165) is 0 Å². The molecule has 0 saturated carbocycles. The molecule has 0 bridgehead atoms. The van der Waals surface area contributed by atoms with E-state index in [1.807, 2.05) is 6.92 Å². The molecular weight excluding hydrogens is 187 g/mol.